The van der Waals surface area contributed by atoms with Gasteiger partial charge in [0.05, 0.1) is 0 Å². The molecule has 2 unspecified atom stereocenters. The molecule has 17 heavy (non-hydrogen) atoms. The zero-order chi connectivity index (χ0) is 12.3. The largest absolute Gasteiger partial charge is 0.357 e. The molecule has 5 heteroatoms. The third-order valence-corrected chi connectivity index (χ3v) is 3.75. The van der Waals surface area contributed by atoms with Gasteiger partial charge in [-0.15, -0.1) is 0 Å². The summed E-state index contributed by atoms with van der Waals surface area (Å²) in [6.45, 7) is 2.68. The van der Waals surface area contributed by atoms with Crippen LogP contribution >= 0.6 is 0 Å². The van der Waals surface area contributed by atoms with E-state index in [0.29, 0.717) is 12.3 Å². The molecule has 0 spiro atoms. The number of likely N-dealkylation sites (N-methyl/N-ethyl adjacent to an activating group) is 1. The van der Waals surface area contributed by atoms with Gasteiger partial charge in [-0.1, -0.05) is 0 Å². The summed E-state index contributed by atoms with van der Waals surface area (Å²) < 4.78 is 0. The maximum Gasteiger partial charge on any atom is 0.242 e. The van der Waals surface area contributed by atoms with Crippen molar-refractivity contribution in [1.29, 1.82) is 0 Å². The molecular formula is C12H21N3O2. The Morgan fingerprint density at radius 1 is 1.41 bits per heavy atom. The van der Waals surface area contributed by atoms with Gasteiger partial charge in [0.25, 0.3) is 0 Å². The van der Waals surface area contributed by atoms with Crippen LogP contribution in [0.3, 0.4) is 0 Å². The number of carbonyl (C=O) groups is 2. The fourth-order valence-corrected chi connectivity index (χ4v) is 2.76. The summed E-state index contributed by atoms with van der Waals surface area (Å²) in [5, 5.41) is 5.90. The van der Waals surface area contributed by atoms with E-state index in [0.717, 1.165) is 38.9 Å². The smallest absolute Gasteiger partial charge is 0.242 e. The minimum atomic E-state index is -0.234. The molecule has 2 aliphatic rings. The van der Waals surface area contributed by atoms with Crippen LogP contribution in [-0.4, -0.2) is 49.4 Å². The first-order valence-electron chi connectivity index (χ1n) is 6.44. The Morgan fingerprint density at radius 2 is 2.24 bits per heavy atom. The third-order valence-electron chi connectivity index (χ3n) is 3.75. The van der Waals surface area contributed by atoms with Gasteiger partial charge in [0.1, 0.15) is 6.04 Å². The maximum absolute atomic E-state index is 12.2. The lowest BCUT2D eigenvalue weighted by Crippen LogP contribution is -2.45. The number of hydrogen-bond donors (Lipinski definition) is 2. The summed E-state index contributed by atoms with van der Waals surface area (Å²) in [5.41, 5.74) is 0. The summed E-state index contributed by atoms with van der Waals surface area (Å²) in [5.74, 6) is 0.568. The molecule has 2 atom stereocenters. The molecule has 96 valence electrons. The minimum Gasteiger partial charge on any atom is -0.357 e. The quantitative estimate of drug-likeness (QED) is 0.712. The van der Waals surface area contributed by atoms with Crippen molar-refractivity contribution in [2.24, 2.45) is 5.92 Å². The van der Waals surface area contributed by atoms with Crippen LogP contribution in [0.2, 0.25) is 0 Å². The lowest BCUT2D eigenvalue weighted by atomic mass is 10.0. The number of nitrogens with one attached hydrogen (secondary N) is 2. The first-order valence-corrected chi connectivity index (χ1v) is 6.44. The highest BCUT2D eigenvalue weighted by molar-refractivity contribution is 5.88. The van der Waals surface area contributed by atoms with Crippen LogP contribution in [0.15, 0.2) is 0 Å². The Balaban J connectivity index is 1.90. The number of amides is 2. The lowest BCUT2D eigenvalue weighted by Gasteiger charge is -2.24. The lowest BCUT2D eigenvalue weighted by molar-refractivity contribution is -0.138. The molecule has 2 amide bonds. The van der Waals surface area contributed by atoms with Crippen LogP contribution in [0.25, 0.3) is 0 Å². The second-order valence-corrected chi connectivity index (χ2v) is 4.92. The summed E-state index contributed by atoms with van der Waals surface area (Å²) in [4.78, 5) is 25.6. The van der Waals surface area contributed by atoms with Crippen molar-refractivity contribution in [1.82, 2.24) is 15.5 Å². The Morgan fingerprint density at radius 3 is 2.88 bits per heavy atom. The number of hydrogen-bond acceptors (Lipinski definition) is 3. The van der Waals surface area contributed by atoms with E-state index in [1.165, 1.54) is 0 Å². The minimum absolute atomic E-state index is 0.0274. The van der Waals surface area contributed by atoms with Crippen LogP contribution in [0, 0.1) is 5.92 Å². The second kappa shape index (κ2) is 5.49. The fraction of sp³-hybridized carbons (Fsp3) is 0.833. The van der Waals surface area contributed by atoms with Gasteiger partial charge < -0.3 is 15.5 Å². The Bertz CT molecular complexity index is 300. The zero-order valence-electron chi connectivity index (χ0n) is 10.4. The van der Waals surface area contributed by atoms with E-state index < -0.39 is 0 Å². The van der Waals surface area contributed by atoms with Crippen molar-refractivity contribution in [2.75, 3.05) is 26.7 Å². The Kier molecular flexibility index (Phi) is 3.99. The van der Waals surface area contributed by atoms with Crippen LogP contribution in [-0.2, 0) is 9.59 Å². The molecule has 2 rings (SSSR count). The van der Waals surface area contributed by atoms with Gasteiger partial charge in [0.2, 0.25) is 11.8 Å². The molecule has 2 aliphatic heterocycles. The summed E-state index contributed by atoms with van der Waals surface area (Å²) in [7, 11) is 1.63. The van der Waals surface area contributed by atoms with Crippen molar-refractivity contribution in [3.05, 3.63) is 0 Å². The molecule has 2 heterocycles. The number of nitrogens with zero attached hydrogens (tertiary/aromatic N) is 1. The SMILES string of the molecule is CNC(=O)C1CCCN1C(=O)CC1CCNC1. The van der Waals surface area contributed by atoms with Crippen LogP contribution in [0.1, 0.15) is 25.7 Å². The third kappa shape index (κ3) is 2.77. The van der Waals surface area contributed by atoms with Crippen molar-refractivity contribution in [2.45, 2.75) is 31.7 Å². The standard InChI is InChI=1S/C12H21N3O2/c1-13-12(17)10-3-2-6-15(10)11(16)7-9-4-5-14-8-9/h9-10,14H,2-8H2,1H3,(H,13,17). The predicted octanol–water partition coefficient (Wildman–Crippen LogP) is -0.277. The average molecular weight is 239 g/mol. The van der Waals surface area contributed by atoms with Crippen molar-refractivity contribution in [3.8, 4) is 0 Å². The normalized spacial score (nSPS) is 28.4. The molecule has 0 aromatic carbocycles. The van der Waals surface area contributed by atoms with Crippen LogP contribution in [0.4, 0.5) is 0 Å². The molecule has 0 radical (unpaired) electrons. The Hall–Kier alpha value is -1.10. The topological polar surface area (TPSA) is 61.4 Å². The van der Waals surface area contributed by atoms with E-state index in [-0.39, 0.29) is 17.9 Å². The van der Waals surface area contributed by atoms with Crippen LogP contribution < -0.4 is 10.6 Å². The number of likely N-dealkylation sites (tertiary alicyclic amines) is 1. The number of carbonyl (C=O) groups excluding carboxylic acids is 2. The van der Waals surface area contributed by atoms with Gasteiger partial charge in [0, 0.05) is 20.0 Å². The number of rotatable bonds is 3. The summed E-state index contributed by atoms with van der Waals surface area (Å²) >= 11 is 0. The summed E-state index contributed by atoms with van der Waals surface area (Å²) in [6.07, 6.45) is 3.39. The van der Waals surface area contributed by atoms with E-state index in [4.69, 9.17) is 0 Å². The highest BCUT2D eigenvalue weighted by Gasteiger charge is 2.34. The van der Waals surface area contributed by atoms with Gasteiger partial charge >= 0.3 is 0 Å². The molecule has 0 aromatic heterocycles. The average Bonchev–Trinajstić information content (AvgIpc) is 2.97. The molecule has 5 nitrogen and oxygen atoms in total. The molecular weight excluding hydrogens is 218 g/mol. The summed E-state index contributed by atoms with van der Waals surface area (Å²) in [6, 6.07) is -0.234. The maximum atomic E-state index is 12.2. The molecule has 0 saturated carbocycles. The van der Waals surface area contributed by atoms with Gasteiger partial charge in [-0.2, -0.15) is 0 Å². The molecule has 0 aliphatic carbocycles. The van der Waals surface area contributed by atoms with Crippen molar-refractivity contribution >= 4 is 11.8 Å². The van der Waals surface area contributed by atoms with Crippen molar-refractivity contribution in [3.63, 3.8) is 0 Å². The molecule has 2 saturated heterocycles. The highest BCUT2D eigenvalue weighted by Crippen LogP contribution is 2.21. The van der Waals surface area contributed by atoms with E-state index in [2.05, 4.69) is 10.6 Å². The van der Waals surface area contributed by atoms with Crippen molar-refractivity contribution < 1.29 is 9.59 Å². The van der Waals surface area contributed by atoms with Gasteiger partial charge in [-0.25, -0.2) is 0 Å². The first-order chi connectivity index (χ1) is 8.22. The molecule has 0 bridgehead atoms. The van der Waals surface area contributed by atoms with E-state index in [9.17, 15) is 9.59 Å². The van der Waals surface area contributed by atoms with Crippen LogP contribution in [0.5, 0.6) is 0 Å². The van der Waals surface area contributed by atoms with Gasteiger partial charge in [-0.05, 0) is 38.3 Å². The van der Waals surface area contributed by atoms with Gasteiger partial charge in [0.15, 0.2) is 0 Å². The van der Waals surface area contributed by atoms with E-state index in [1.807, 2.05) is 0 Å². The van der Waals surface area contributed by atoms with E-state index in [1.54, 1.807) is 11.9 Å². The molecule has 2 fully saturated rings. The highest BCUT2D eigenvalue weighted by atomic mass is 16.2. The zero-order valence-corrected chi connectivity index (χ0v) is 10.4. The first kappa shape index (κ1) is 12.4. The molecule has 2 N–H and O–H groups in total. The van der Waals surface area contributed by atoms with Gasteiger partial charge in [-0.3, -0.25) is 9.59 Å². The monoisotopic (exact) mass is 239 g/mol. The fourth-order valence-electron chi connectivity index (χ4n) is 2.76. The second-order valence-electron chi connectivity index (χ2n) is 4.92. The Labute approximate surface area is 102 Å². The van der Waals surface area contributed by atoms with E-state index >= 15 is 0 Å². The molecule has 0 aromatic rings. The predicted molar refractivity (Wildman–Crippen MR) is 64.4 cm³/mol.